The lowest BCUT2D eigenvalue weighted by Crippen LogP contribution is -1.97. The van der Waals surface area contributed by atoms with Crippen LogP contribution in [0.5, 0.6) is 5.75 Å². The Bertz CT molecular complexity index is 1680. The fraction of sp³-hybridized carbons (Fsp3) is 0.0357. The maximum absolute atomic E-state index is 9.74. The van der Waals surface area contributed by atoms with Gasteiger partial charge in [-0.1, -0.05) is 47.3 Å². The van der Waals surface area contributed by atoms with E-state index >= 15 is 0 Å². The summed E-state index contributed by atoms with van der Waals surface area (Å²) < 4.78 is 6.16. The predicted molar refractivity (Wildman–Crippen MR) is 146 cm³/mol. The molecule has 0 atom stereocenters. The number of halogens is 2. The van der Waals surface area contributed by atoms with E-state index < -0.39 is 0 Å². The zero-order valence-electron chi connectivity index (χ0n) is 18.8. The quantitative estimate of drug-likeness (QED) is 0.243. The van der Waals surface area contributed by atoms with Crippen molar-refractivity contribution in [2.75, 3.05) is 12.4 Å². The topological polar surface area (TPSA) is 70.8 Å². The molecule has 0 spiro atoms. The van der Waals surface area contributed by atoms with Crippen LogP contribution in [0.3, 0.4) is 0 Å². The number of anilines is 2. The smallest absolute Gasteiger partial charge is 0.139 e. The zero-order chi connectivity index (χ0) is 25.1. The van der Waals surface area contributed by atoms with Crippen molar-refractivity contribution in [3.8, 4) is 34.1 Å². The van der Waals surface area contributed by atoms with Crippen LogP contribution in [-0.4, -0.2) is 17.1 Å². The van der Waals surface area contributed by atoms with Crippen molar-refractivity contribution in [2.45, 2.75) is 0 Å². The van der Waals surface area contributed by atoms with Crippen LogP contribution in [0.25, 0.3) is 20.7 Å². The first-order valence-corrected chi connectivity index (χ1v) is 12.3. The number of hydrogen-bond acceptors (Lipinski definition) is 6. The second kappa shape index (κ2) is 10.3. The summed E-state index contributed by atoms with van der Waals surface area (Å²) in [6.07, 6.45) is 3.28. The molecule has 1 N–H and O–H groups in total. The molecule has 0 unspecified atom stereocenters. The largest absolute Gasteiger partial charge is 0.495 e. The number of pyridine rings is 2. The van der Waals surface area contributed by atoms with Crippen molar-refractivity contribution in [1.29, 1.82) is 5.26 Å². The van der Waals surface area contributed by atoms with E-state index in [1.807, 2.05) is 48.5 Å². The van der Waals surface area contributed by atoms with Crippen LogP contribution >= 0.6 is 34.5 Å². The first-order valence-electron chi connectivity index (χ1n) is 10.7. The molecule has 174 valence electrons. The molecule has 0 saturated carbocycles. The van der Waals surface area contributed by atoms with Gasteiger partial charge in [-0.15, -0.1) is 11.3 Å². The molecule has 0 fully saturated rings. The Morgan fingerprint density at radius 1 is 0.972 bits per heavy atom. The second-order valence-electron chi connectivity index (χ2n) is 7.62. The maximum atomic E-state index is 9.74. The van der Waals surface area contributed by atoms with E-state index in [0.717, 1.165) is 31.9 Å². The summed E-state index contributed by atoms with van der Waals surface area (Å²) in [4.78, 5) is 9.73. The molecule has 0 saturated heterocycles. The normalized spacial score (nSPS) is 10.4. The van der Waals surface area contributed by atoms with Gasteiger partial charge >= 0.3 is 0 Å². The van der Waals surface area contributed by atoms with E-state index in [9.17, 15) is 5.26 Å². The lowest BCUT2D eigenvalue weighted by atomic mass is 10.1. The van der Waals surface area contributed by atoms with Crippen LogP contribution in [0.1, 0.15) is 16.8 Å². The highest BCUT2D eigenvalue weighted by Crippen LogP contribution is 2.41. The number of thiophene rings is 1. The van der Waals surface area contributed by atoms with Gasteiger partial charge < -0.3 is 10.1 Å². The van der Waals surface area contributed by atoms with Crippen LogP contribution in [0.15, 0.2) is 73.1 Å². The first-order chi connectivity index (χ1) is 17.6. The number of nitrogens with one attached hydrogen (secondary N) is 1. The van der Waals surface area contributed by atoms with E-state index in [1.165, 1.54) is 18.4 Å². The van der Waals surface area contributed by atoms with Gasteiger partial charge in [-0.25, -0.2) is 4.98 Å². The highest BCUT2D eigenvalue weighted by atomic mass is 35.5. The Morgan fingerprint density at radius 2 is 1.81 bits per heavy atom. The van der Waals surface area contributed by atoms with Crippen molar-refractivity contribution in [3.63, 3.8) is 0 Å². The minimum Gasteiger partial charge on any atom is -0.495 e. The predicted octanol–water partition coefficient (Wildman–Crippen LogP) is 7.69. The van der Waals surface area contributed by atoms with E-state index in [2.05, 4.69) is 33.2 Å². The lowest BCUT2D eigenvalue weighted by Gasteiger charge is -2.13. The monoisotopic (exact) mass is 526 g/mol. The molecule has 5 rings (SSSR count). The van der Waals surface area contributed by atoms with E-state index in [4.69, 9.17) is 27.9 Å². The Labute approximate surface area is 221 Å². The molecule has 0 aliphatic rings. The molecule has 3 aromatic heterocycles. The number of hydrogen-bond donors (Lipinski definition) is 1. The van der Waals surface area contributed by atoms with Crippen molar-refractivity contribution in [2.24, 2.45) is 0 Å². The van der Waals surface area contributed by atoms with Crippen molar-refractivity contribution < 1.29 is 4.74 Å². The van der Waals surface area contributed by atoms with Crippen molar-refractivity contribution >= 4 is 56.1 Å². The molecular weight excluding hydrogens is 511 g/mol. The Morgan fingerprint density at radius 3 is 2.53 bits per heavy atom. The van der Waals surface area contributed by atoms with Gasteiger partial charge in [-0.05, 0) is 47.9 Å². The zero-order valence-corrected chi connectivity index (χ0v) is 21.2. The average Bonchev–Trinajstić information content (AvgIpc) is 3.35. The number of benzene rings is 2. The molecule has 8 heteroatoms. The summed E-state index contributed by atoms with van der Waals surface area (Å²) in [6.45, 7) is 0. The summed E-state index contributed by atoms with van der Waals surface area (Å²) in [5, 5.41) is 13.8. The van der Waals surface area contributed by atoms with Gasteiger partial charge in [0.25, 0.3) is 0 Å². The third kappa shape index (κ3) is 4.84. The Hall–Kier alpha value is -4.07. The first kappa shape index (κ1) is 23.7. The summed E-state index contributed by atoms with van der Waals surface area (Å²) >= 11 is 14.1. The third-order valence-electron chi connectivity index (χ3n) is 5.33. The summed E-state index contributed by atoms with van der Waals surface area (Å²) in [7, 11) is 1.53. The van der Waals surface area contributed by atoms with Gasteiger partial charge in [0.2, 0.25) is 0 Å². The molecule has 2 aromatic carbocycles. The number of fused-ring (bicyclic) bond motifs is 1. The second-order valence-corrected chi connectivity index (χ2v) is 9.48. The summed E-state index contributed by atoms with van der Waals surface area (Å²) in [6, 6.07) is 21.2. The van der Waals surface area contributed by atoms with Crippen LogP contribution in [0.4, 0.5) is 11.4 Å². The van der Waals surface area contributed by atoms with Gasteiger partial charge in [0.1, 0.15) is 17.5 Å². The van der Waals surface area contributed by atoms with Gasteiger partial charge in [-0.3, -0.25) is 4.98 Å². The highest BCUT2D eigenvalue weighted by Gasteiger charge is 2.16. The molecule has 5 nitrogen and oxygen atoms in total. The molecule has 0 radical (unpaired) electrons. The number of nitrogens with zero attached hydrogens (tertiary/aromatic N) is 3. The van der Waals surface area contributed by atoms with Gasteiger partial charge in [-0.2, -0.15) is 5.26 Å². The van der Waals surface area contributed by atoms with Crippen LogP contribution in [0.2, 0.25) is 10.0 Å². The lowest BCUT2D eigenvalue weighted by molar-refractivity contribution is 0.415. The molecule has 0 aliphatic carbocycles. The number of ether oxygens (including phenoxy) is 1. The molecule has 3 heterocycles. The van der Waals surface area contributed by atoms with E-state index in [1.54, 1.807) is 24.5 Å². The molecule has 0 aliphatic heterocycles. The van der Waals surface area contributed by atoms with Crippen LogP contribution in [-0.2, 0) is 0 Å². The van der Waals surface area contributed by atoms with Crippen LogP contribution in [0, 0.1) is 23.2 Å². The standard InChI is InChI=1S/C28H16Cl2N4OS/c1-35-25-13-23(21(29)12-22(25)30)34-27-19(15-31)16-33-24-14-26(36-28(24)27)18-8-5-17(6-9-18)7-10-20-4-2-3-11-32-20/h2-6,8-9,11-14,16H,1H3,(H,33,34). The SMILES string of the molecule is COc1cc(Nc2c(C#N)cnc3cc(-c4ccc(C#Cc5ccccn5)cc4)sc23)c(Cl)cc1Cl. The fourth-order valence-corrected chi connectivity index (χ4v) is 5.17. The van der Waals surface area contributed by atoms with Crippen molar-refractivity contribution in [3.05, 3.63) is 99.9 Å². The highest BCUT2D eigenvalue weighted by molar-refractivity contribution is 7.22. The van der Waals surface area contributed by atoms with Gasteiger partial charge in [0, 0.05) is 28.9 Å². The molecule has 0 bridgehead atoms. The maximum Gasteiger partial charge on any atom is 0.139 e. The Kier molecular flexibility index (Phi) is 6.75. The summed E-state index contributed by atoms with van der Waals surface area (Å²) in [5.41, 5.74) is 5.02. The average molecular weight is 527 g/mol. The fourth-order valence-electron chi connectivity index (χ4n) is 3.54. The Balaban J connectivity index is 1.50. The molecular formula is C28H16Cl2N4OS. The van der Waals surface area contributed by atoms with E-state index in [-0.39, 0.29) is 0 Å². The number of nitriles is 1. The van der Waals surface area contributed by atoms with Gasteiger partial charge in [0.15, 0.2) is 0 Å². The van der Waals surface area contributed by atoms with Crippen LogP contribution < -0.4 is 10.1 Å². The summed E-state index contributed by atoms with van der Waals surface area (Å²) in [5.74, 6) is 6.68. The number of aromatic nitrogens is 2. The minimum absolute atomic E-state index is 0.403. The minimum atomic E-state index is 0.403. The molecule has 36 heavy (non-hydrogen) atoms. The van der Waals surface area contributed by atoms with Crippen molar-refractivity contribution in [1.82, 2.24) is 9.97 Å². The number of methoxy groups -OCH3 is 1. The van der Waals surface area contributed by atoms with E-state index in [0.29, 0.717) is 32.7 Å². The van der Waals surface area contributed by atoms with Gasteiger partial charge in [0.05, 0.1) is 44.3 Å². The molecule has 0 amide bonds. The molecule has 5 aromatic rings. The number of rotatable bonds is 4. The third-order valence-corrected chi connectivity index (χ3v) is 7.13.